The highest BCUT2D eigenvalue weighted by Crippen LogP contribution is 1.87. The molecule has 0 unspecified atom stereocenters. The molecule has 0 spiro atoms. The Hall–Kier alpha value is -1.33. The molecular formula is C14H24ClNO4. The molecule has 0 aromatic carbocycles. The van der Waals surface area contributed by atoms with E-state index >= 15 is 0 Å². The molecule has 0 N–H and O–H groups in total. The standard InChI is InChI=1S/C9H17NO2.C5H7ClO2/c1-4-9(11)12-8-7-10(5-2)6-3;1-2-5(7)8-4-3-6/h4H,1,5-8H2,2-3H3;2H,1,3-4H2. The summed E-state index contributed by atoms with van der Waals surface area (Å²) in [4.78, 5) is 23.0. The third kappa shape index (κ3) is 14.7. The highest BCUT2D eigenvalue weighted by molar-refractivity contribution is 6.18. The largest absolute Gasteiger partial charge is 0.461 e. The number of hydrogen-bond acceptors (Lipinski definition) is 5. The van der Waals surface area contributed by atoms with Crippen LogP contribution in [0, 0.1) is 0 Å². The lowest BCUT2D eigenvalue weighted by molar-refractivity contribution is -0.138. The number of halogens is 1. The van der Waals surface area contributed by atoms with Crippen molar-refractivity contribution in [2.75, 3.05) is 38.7 Å². The van der Waals surface area contributed by atoms with Crippen LogP contribution in [0.1, 0.15) is 13.8 Å². The maximum atomic E-state index is 10.6. The van der Waals surface area contributed by atoms with Crippen LogP contribution in [0.5, 0.6) is 0 Å². The van der Waals surface area contributed by atoms with Gasteiger partial charge in [-0.1, -0.05) is 27.0 Å². The van der Waals surface area contributed by atoms with Crippen molar-refractivity contribution >= 4 is 23.5 Å². The number of carbonyl (C=O) groups is 2. The average Bonchev–Trinajstić information content (AvgIpc) is 2.49. The van der Waals surface area contributed by atoms with Gasteiger partial charge in [0, 0.05) is 18.7 Å². The maximum absolute atomic E-state index is 10.6. The summed E-state index contributed by atoms with van der Waals surface area (Å²) in [5.41, 5.74) is 0. The normalized spacial score (nSPS) is 9.20. The van der Waals surface area contributed by atoms with E-state index in [1.165, 1.54) is 6.08 Å². The molecule has 5 nitrogen and oxygen atoms in total. The molecule has 0 aromatic heterocycles. The summed E-state index contributed by atoms with van der Waals surface area (Å²) in [5, 5.41) is 0. The van der Waals surface area contributed by atoms with Gasteiger partial charge in [0.1, 0.15) is 13.2 Å². The first kappa shape index (κ1) is 21.0. The van der Waals surface area contributed by atoms with Crippen LogP contribution >= 0.6 is 11.6 Å². The first-order valence-electron chi connectivity index (χ1n) is 6.42. The minimum absolute atomic E-state index is 0.256. The van der Waals surface area contributed by atoms with Crippen molar-refractivity contribution in [2.24, 2.45) is 0 Å². The van der Waals surface area contributed by atoms with Crippen molar-refractivity contribution in [3.63, 3.8) is 0 Å². The number of carbonyl (C=O) groups excluding carboxylic acids is 2. The molecule has 0 saturated carbocycles. The first-order chi connectivity index (χ1) is 9.55. The molecule has 0 aromatic rings. The molecule has 0 radical (unpaired) electrons. The first-order valence-corrected chi connectivity index (χ1v) is 6.95. The van der Waals surface area contributed by atoms with Gasteiger partial charge in [-0.05, 0) is 13.1 Å². The van der Waals surface area contributed by atoms with E-state index in [-0.39, 0.29) is 12.6 Å². The van der Waals surface area contributed by atoms with Crippen molar-refractivity contribution in [3.8, 4) is 0 Å². The van der Waals surface area contributed by atoms with Gasteiger partial charge in [-0.2, -0.15) is 0 Å². The second-order valence-electron chi connectivity index (χ2n) is 3.46. The second-order valence-corrected chi connectivity index (χ2v) is 3.84. The number of nitrogens with zero attached hydrogens (tertiary/aromatic N) is 1. The van der Waals surface area contributed by atoms with Gasteiger partial charge in [-0.3, -0.25) is 0 Å². The van der Waals surface area contributed by atoms with E-state index in [4.69, 9.17) is 16.3 Å². The van der Waals surface area contributed by atoms with E-state index in [9.17, 15) is 9.59 Å². The van der Waals surface area contributed by atoms with Gasteiger partial charge in [-0.15, -0.1) is 11.6 Å². The zero-order valence-corrected chi connectivity index (χ0v) is 13.0. The number of esters is 2. The van der Waals surface area contributed by atoms with Crippen LogP contribution in [0.15, 0.2) is 25.3 Å². The predicted molar refractivity (Wildman–Crippen MR) is 80.8 cm³/mol. The lowest BCUT2D eigenvalue weighted by Gasteiger charge is -2.16. The van der Waals surface area contributed by atoms with Crippen molar-refractivity contribution in [1.82, 2.24) is 4.90 Å². The molecule has 0 fully saturated rings. The lowest BCUT2D eigenvalue weighted by atomic mass is 10.5. The molecule has 0 amide bonds. The Morgan fingerprint density at radius 3 is 1.85 bits per heavy atom. The van der Waals surface area contributed by atoms with Gasteiger partial charge in [-0.25, -0.2) is 9.59 Å². The molecule has 0 heterocycles. The Labute approximate surface area is 126 Å². The molecule has 0 aliphatic rings. The van der Waals surface area contributed by atoms with Gasteiger partial charge in [0.05, 0.1) is 5.88 Å². The van der Waals surface area contributed by atoms with Crippen molar-refractivity contribution < 1.29 is 19.1 Å². The van der Waals surface area contributed by atoms with E-state index in [1.54, 1.807) is 0 Å². The van der Waals surface area contributed by atoms with Gasteiger partial charge < -0.3 is 14.4 Å². The van der Waals surface area contributed by atoms with Gasteiger partial charge >= 0.3 is 11.9 Å². The van der Waals surface area contributed by atoms with E-state index in [1.807, 2.05) is 0 Å². The topological polar surface area (TPSA) is 55.8 Å². The van der Waals surface area contributed by atoms with Crippen LogP contribution in [0.25, 0.3) is 0 Å². The van der Waals surface area contributed by atoms with Crippen molar-refractivity contribution in [3.05, 3.63) is 25.3 Å². The minimum atomic E-state index is -0.425. The van der Waals surface area contributed by atoms with Crippen LogP contribution in [0.4, 0.5) is 0 Å². The molecule has 6 heteroatoms. The van der Waals surface area contributed by atoms with Crippen LogP contribution in [0.3, 0.4) is 0 Å². The average molecular weight is 306 g/mol. The van der Waals surface area contributed by atoms with Crippen LogP contribution in [0.2, 0.25) is 0 Å². The summed E-state index contributed by atoms with van der Waals surface area (Å²) in [6, 6.07) is 0. The number of ether oxygens (including phenoxy) is 2. The molecule has 0 aliphatic carbocycles. The lowest BCUT2D eigenvalue weighted by Crippen LogP contribution is -2.27. The van der Waals surface area contributed by atoms with E-state index in [0.29, 0.717) is 12.5 Å². The Balaban J connectivity index is 0. The summed E-state index contributed by atoms with van der Waals surface area (Å²) in [6.45, 7) is 14.2. The molecule has 0 atom stereocenters. The van der Waals surface area contributed by atoms with Crippen LogP contribution in [-0.4, -0.2) is 55.6 Å². The van der Waals surface area contributed by atoms with Crippen LogP contribution in [-0.2, 0) is 19.1 Å². The number of alkyl halides is 1. The summed E-state index contributed by atoms with van der Waals surface area (Å²) < 4.78 is 9.28. The monoisotopic (exact) mass is 305 g/mol. The minimum Gasteiger partial charge on any atom is -0.461 e. The fourth-order valence-electron chi connectivity index (χ4n) is 1.07. The van der Waals surface area contributed by atoms with Crippen molar-refractivity contribution in [1.29, 1.82) is 0 Å². The maximum Gasteiger partial charge on any atom is 0.330 e. The van der Waals surface area contributed by atoms with Gasteiger partial charge in [0.25, 0.3) is 0 Å². The predicted octanol–water partition coefficient (Wildman–Crippen LogP) is 2.01. The molecule has 0 aliphatic heterocycles. The van der Waals surface area contributed by atoms with Crippen LogP contribution < -0.4 is 0 Å². The van der Waals surface area contributed by atoms with E-state index < -0.39 is 5.97 Å². The van der Waals surface area contributed by atoms with Gasteiger partial charge in [0.2, 0.25) is 0 Å². The fraction of sp³-hybridized carbons (Fsp3) is 0.571. The molecule has 0 saturated heterocycles. The second kappa shape index (κ2) is 15.7. The molecular weight excluding hydrogens is 282 g/mol. The van der Waals surface area contributed by atoms with Gasteiger partial charge in [0.15, 0.2) is 0 Å². The summed E-state index contributed by atoms with van der Waals surface area (Å²) in [6.07, 6.45) is 2.29. The Bertz CT molecular complexity index is 291. The smallest absolute Gasteiger partial charge is 0.330 e. The molecule has 0 bridgehead atoms. The van der Waals surface area contributed by atoms with E-state index in [2.05, 4.69) is 36.6 Å². The summed E-state index contributed by atoms with van der Waals surface area (Å²) >= 11 is 5.19. The Morgan fingerprint density at radius 2 is 1.50 bits per heavy atom. The number of likely N-dealkylation sites (N-methyl/N-ethyl adjacent to an activating group) is 1. The Morgan fingerprint density at radius 1 is 1.05 bits per heavy atom. The third-order valence-electron chi connectivity index (χ3n) is 2.20. The molecule has 20 heavy (non-hydrogen) atoms. The number of hydrogen-bond donors (Lipinski definition) is 0. The highest BCUT2D eigenvalue weighted by atomic mass is 35.5. The summed E-state index contributed by atoms with van der Waals surface area (Å²) in [7, 11) is 0. The quantitative estimate of drug-likeness (QED) is 0.370. The highest BCUT2D eigenvalue weighted by Gasteiger charge is 1.99. The number of rotatable bonds is 9. The van der Waals surface area contributed by atoms with E-state index in [0.717, 1.165) is 25.7 Å². The van der Waals surface area contributed by atoms with Crippen molar-refractivity contribution in [2.45, 2.75) is 13.8 Å². The fourth-order valence-corrected chi connectivity index (χ4v) is 1.15. The third-order valence-corrected chi connectivity index (χ3v) is 2.36. The summed E-state index contributed by atoms with van der Waals surface area (Å²) in [5.74, 6) is -0.438. The zero-order chi connectivity index (χ0) is 15.8. The molecule has 116 valence electrons. The zero-order valence-electron chi connectivity index (χ0n) is 12.3. The SMILES string of the molecule is C=CC(=O)OCCCl.C=CC(=O)OCCN(CC)CC. The molecule has 0 rings (SSSR count). The Kier molecular flexibility index (Phi) is 16.5.